The molecule has 0 saturated heterocycles. The fourth-order valence-corrected chi connectivity index (χ4v) is 1.87. The van der Waals surface area contributed by atoms with Crippen LogP contribution in [0.15, 0.2) is 49.2 Å². The highest BCUT2D eigenvalue weighted by Crippen LogP contribution is 2.14. The van der Waals surface area contributed by atoms with Crippen molar-refractivity contribution < 1.29 is 4.79 Å². The number of aromatic nitrogens is 1. The predicted molar refractivity (Wildman–Crippen MR) is 69.8 cm³/mol. The second kappa shape index (κ2) is 5.34. The van der Waals surface area contributed by atoms with E-state index in [0.717, 1.165) is 13.0 Å². The van der Waals surface area contributed by atoms with Crippen LogP contribution in [0.4, 0.5) is 0 Å². The maximum atomic E-state index is 10.9. The zero-order chi connectivity index (χ0) is 12.1. The van der Waals surface area contributed by atoms with E-state index in [4.69, 9.17) is 0 Å². The minimum absolute atomic E-state index is 0.109. The van der Waals surface area contributed by atoms with Crippen LogP contribution in [0.2, 0.25) is 0 Å². The fraction of sp³-hybridized carbons (Fsp3) is 0.214. The van der Waals surface area contributed by atoms with Crippen LogP contribution >= 0.6 is 0 Å². The van der Waals surface area contributed by atoms with Gasteiger partial charge in [0, 0.05) is 24.8 Å². The topological polar surface area (TPSA) is 34.0 Å². The molecule has 0 bridgehead atoms. The van der Waals surface area contributed by atoms with Gasteiger partial charge in [0.2, 0.25) is 5.91 Å². The Hall–Kier alpha value is -2.03. The van der Waals surface area contributed by atoms with Crippen LogP contribution in [-0.4, -0.2) is 17.0 Å². The van der Waals surface area contributed by atoms with Gasteiger partial charge >= 0.3 is 0 Å². The van der Waals surface area contributed by atoms with Gasteiger partial charge in [0.15, 0.2) is 0 Å². The van der Waals surface area contributed by atoms with Gasteiger partial charge in [0.25, 0.3) is 0 Å². The lowest BCUT2D eigenvalue weighted by Crippen LogP contribution is -2.22. The maximum absolute atomic E-state index is 10.9. The molecule has 3 nitrogen and oxygen atoms in total. The summed E-state index contributed by atoms with van der Waals surface area (Å²) in [5, 5.41) is 4.02. The summed E-state index contributed by atoms with van der Waals surface area (Å²) in [6.07, 6.45) is 4.29. The zero-order valence-electron chi connectivity index (χ0n) is 9.73. The second-order valence-electron chi connectivity index (χ2n) is 3.92. The summed E-state index contributed by atoms with van der Waals surface area (Å²) in [5.74, 6) is -0.109. The largest absolute Gasteiger partial charge is 0.353 e. The summed E-state index contributed by atoms with van der Waals surface area (Å²) in [7, 11) is 0. The van der Waals surface area contributed by atoms with E-state index < -0.39 is 0 Å². The minimum Gasteiger partial charge on any atom is -0.353 e. The molecule has 1 aromatic carbocycles. The normalized spacial score (nSPS) is 10.4. The fourth-order valence-electron chi connectivity index (χ4n) is 1.87. The molecule has 0 spiro atoms. The molecule has 1 aromatic heterocycles. The molecule has 1 amide bonds. The van der Waals surface area contributed by atoms with E-state index in [1.807, 2.05) is 12.1 Å². The van der Waals surface area contributed by atoms with Gasteiger partial charge in [-0.05, 0) is 30.0 Å². The molecular formula is C14H16N2O. The van der Waals surface area contributed by atoms with Gasteiger partial charge < -0.3 is 9.88 Å². The monoisotopic (exact) mass is 228 g/mol. The van der Waals surface area contributed by atoms with Gasteiger partial charge in [-0.2, -0.15) is 0 Å². The van der Waals surface area contributed by atoms with Crippen LogP contribution < -0.4 is 5.32 Å². The van der Waals surface area contributed by atoms with E-state index in [0.29, 0.717) is 6.54 Å². The highest BCUT2D eigenvalue weighted by Gasteiger charge is 1.99. The average molecular weight is 228 g/mol. The van der Waals surface area contributed by atoms with Crippen molar-refractivity contribution in [1.29, 1.82) is 0 Å². The van der Waals surface area contributed by atoms with Crippen molar-refractivity contribution in [2.75, 3.05) is 6.54 Å². The number of carbonyl (C=O) groups excluding carboxylic acids is 1. The highest BCUT2D eigenvalue weighted by atomic mass is 16.1. The van der Waals surface area contributed by atoms with Crippen LogP contribution in [0, 0.1) is 0 Å². The number of nitrogens with zero attached hydrogens (tertiary/aromatic N) is 1. The van der Waals surface area contributed by atoms with Crippen molar-refractivity contribution in [2.24, 2.45) is 0 Å². The van der Waals surface area contributed by atoms with Crippen LogP contribution in [0.5, 0.6) is 0 Å². The number of hydrogen-bond acceptors (Lipinski definition) is 1. The molecule has 0 unspecified atom stereocenters. The summed E-state index contributed by atoms with van der Waals surface area (Å²) >= 11 is 0. The van der Waals surface area contributed by atoms with Gasteiger partial charge in [-0.15, -0.1) is 0 Å². The Morgan fingerprint density at radius 3 is 3.00 bits per heavy atom. The molecule has 0 fully saturated rings. The summed E-state index contributed by atoms with van der Waals surface area (Å²) in [4.78, 5) is 10.9. The Bertz CT molecular complexity index is 528. The third-order valence-corrected chi connectivity index (χ3v) is 2.74. The summed E-state index contributed by atoms with van der Waals surface area (Å²) in [6, 6.07) is 10.4. The first-order valence-electron chi connectivity index (χ1n) is 5.75. The molecule has 0 radical (unpaired) electrons. The summed E-state index contributed by atoms with van der Waals surface area (Å²) < 4.78 is 2.20. The first kappa shape index (κ1) is 11.5. The van der Waals surface area contributed by atoms with E-state index in [2.05, 4.69) is 40.9 Å². The van der Waals surface area contributed by atoms with E-state index >= 15 is 0 Å². The first-order chi connectivity index (χ1) is 8.31. The lowest BCUT2D eigenvalue weighted by atomic mass is 10.2. The average Bonchev–Trinajstić information content (AvgIpc) is 2.78. The number of fused-ring (bicyclic) bond motifs is 1. The number of rotatable bonds is 5. The van der Waals surface area contributed by atoms with Crippen molar-refractivity contribution in [3.63, 3.8) is 0 Å². The Labute approximate surface area is 101 Å². The lowest BCUT2D eigenvalue weighted by molar-refractivity contribution is -0.116. The number of amides is 1. The lowest BCUT2D eigenvalue weighted by Gasteiger charge is -2.05. The Balaban J connectivity index is 1.91. The van der Waals surface area contributed by atoms with Crippen LogP contribution in [0.1, 0.15) is 6.42 Å². The molecule has 1 N–H and O–H groups in total. The molecule has 0 aliphatic rings. The number of hydrogen-bond donors (Lipinski definition) is 1. The van der Waals surface area contributed by atoms with Crippen molar-refractivity contribution in [3.8, 4) is 0 Å². The number of para-hydroxylation sites is 1. The third-order valence-electron chi connectivity index (χ3n) is 2.74. The van der Waals surface area contributed by atoms with E-state index in [1.165, 1.54) is 17.0 Å². The van der Waals surface area contributed by atoms with Gasteiger partial charge in [0.1, 0.15) is 0 Å². The molecule has 88 valence electrons. The maximum Gasteiger partial charge on any atom is 0.243 e. The number of benzene rings is 1. The standard InChI is InChI=1S/C14H16N2O/c1-2-14(17)15-9-5-10-16-11-8-12-6-3-4-7-13(12)16/h2-4,6-8,11H,1,5,9-10H2,(H,15,17). The predicted octanol–water partition coefficient (Wildman–Crippen LogP) is 2.33. The molecule has 2 aromatic rings. The molecule has 17 heavy (non-hydrogen) atoms. The van der Waals surface area contributed by atoms with E-state index in [1.54, 1.807) is 0 Å². The number of aryl methyl sites for hydroxylation is 1. The SMILES string of the molecule is C=CC(=O)NCCCn1ccc2ccccc21. The van der Waals surface area contributed by atoms with Gasteiger partial charge in [-0.3, -0.25) is 4.79 Å². The third kappa shape index (κ3) is 2.75. The Morgan fingerprint density at radius 2 is 2.18 bits per heavy atom. The molecule has 0 atom stereocenters. The van der Waals surface area contributed by atoms with Gasteiger partial charge in [-0.25, -0.2) is 0 Å². The van der Waals surface area contributed by atoms with E-state index in [9.17, 15) is 4.79 Å². The molecule has 2 rings (SSSR count). The van der Waals surface area contributed by atoms with Crippen molar-refractivity contribution >= 4 is 16.8 Å². The van der Waals surface area contributed by atoms with E-state index in [-0.39, 0.29) is 5.91 Å². The quantitative estimate of drug-likeness (QED) is 0.618. The molecule has 0 aliphatic heterocycles. The number of carbonyl (C=O) groups is 1. The molecule has 0 saturated carbocycles. The Kier molecular flexibility index (Phi) is 3.60. The molecule has 1 heterocycles. The molecule has 0 aliphatic carbocycles. The minimum atomic E-state index is -0.109. The first-order valence-corrected chi connectivity index (χ1v) is 5.75. The van der Waals surface area contributed by atoms with Gasteiger partial charge in [-0.1, -0.05) is 24.8 Å². The van der Waals surface area contributed by atoms with Crippen molar-refractivity contribution in [1.82, 2.24) is 9.88 Å². The summed E-state index contributed by atoms with van der Waals surface area (Å²) in [5.41, 5.74) is 1.24. The molecular weight excluding hydrogens is 212 g/mol. The second-order valence-corrected chi connectivity index (χ2v) is 3.92. The highest BCUT2D eigenvalue weighted by molar-refractivity contribution is 5.86. The smallest absolute Gasteiger partial charge is 0.243 e. The molecule has 3 heteroatoms. The zero-order valence-corrected chi connectivity index (χ0v) is 9.73. The number of nitrogens with one attached hydrogen (secondary N) is 1. The van der Waals surface area contributed by atoms with Crippen molar-refractivity contribution in [2.45, 2.75) is 13.0 Å². The van der Waals surface area contributed by atoms with Crippen molar-refractivity contribution in [3.05, 3.63) is 49.2 Å². The van der Waals surface area contributed by atoms with Crippen LogP contribution in [-0.2, 0) is 11.3 Å². The van der Waals surface area contributed by atoms with Gasteiger partial charge in [0.05, 0.1) is 0 Å². The van der Waals surface area contributed by atoms with Crippen LogP contribution in [0.3, 0.4) is 0 Å². The summed E-state index contributed by atoms with van der Waals surface area (Å²) in [6.45, 7) is 5.00. The van der Waals surface area contributed by atoms with Crippen LogP contribution in [0.25, 0.3) is 10.9 Å². The Morgan fingerprint density at radius 1 is 1.35 bits per heavy atom.